The van der Waals surface area contributed by atoms with E-state index in [1.807, 2.05) is 0 Å². The molecule has 8 heteroatoms. The molecule has 1 aromatic carbocycles. The summed E-state index contributed by atoms with van der Waals surface area (Å²) < 4.78 is 9.64. The molecule has 1 aromatic heterocycles. The minimum Gasteiger partial charge on any atom is -0.465 e. The number of nitriles is 1. The quantitative estimate of drug-likeness (QED) is 0.595. The molecule has 1 amide bonds. The van der Waals surface area contributed by atoms with E-state index in [0.717, 1.165) is 42.5 Å². The Kier molecular flexibility index (Phi) is 6.62. The minimum atomic E-state index is -0.681. The normalized spacial score (nSPS) is 12.8. The smallest absolute Gasteiger partial charge is 0.338 e. The standard InChI is InChI=1S/C21H20N2O5S/c1-27-20(25)13-7-9-14(10-8-13)21(26)28-12-18(24)23-19-16(11-22)15-5-3-2-4-6-17(15)29-19/h7-10H,2-6,12H2,1H3,(H,23,24). The van der Waals surface area contributed by atoms with E-state index in [1.54, 1.807) is 0 Å². The molecule has 0 atom stereocenters. The van der Waals surface area contributed by atoms with E-state index in [-0.39, 0.29) is 5.56 Å². The van der Waals surface area contributed by atoms with E-state index < -0.39 is 24.5 Å². The molecule has 0 unspecified atom stereocenters. The summed E-state index contributed by atoms with van der Waals surface area (Å²) in [7, 11) is 1.27. The third-order valence-corrected chi connectivity index (χ3v) is 5.87. The molecule has 0 saturated heterocycles. The molecular formula is C21H20N2O5S. The van der Waals surface area contributed by atoms with Gasteiger partial charge < -0.3 is 14.8 Å². The van der Waals surface area contributed by atoms with Crippen LogP contribution in [0.25, 0.3) is 0 Å². The Morgan fingerprint density at radius 1 is 1.07 bits per heavy atom. The van der Waals surface area contributed by atoms with Gasteiger partial charge in [-0.3, -0.25) is 4.79 Å². The maximum atomic E-state index is 12.2. The molecule has 150 valence electrons. The molecule has 0 bridgehead atoms. The number of fused-ring (bicyclic) bond motifs is 1. The topological polar surface area (TPSA) is 105 Å². The van der Waals surface area contributed by atoms with Crippen molar-refractivity contribution in [3.63, 3.8) is 0 Å². The largest absolute Gasteiger partial charge is 0.465 e. The maximum Gasteiger partial charge on any atom is 0.338 e. The number of rotatable bonds is 5. The lowest BCUT2D eigenvalue weighted by atomic mass is 10.1. The number of amides is 1. The second-order valence-electron chi connectivity index (χ2n) is 6.57. The molecule has 1 heterocycles. The molecule has 2 aromatic rings. The number of ether oxygens (including phenoxy) is 2. The van der Waals surface area contributed by atoms with Gasteiger partial charge in [0.1, 0.15) is 11.1 Å². The second kappa shape index (κ2) is 9.34. The number of anilines is 1. The van der Waals surface area contributed by atoms with Gasteiger partial charge in [0.25, 0.3) is 5.91 Å². The number of carbonyl (C=O) groups is 3. The van der Waals surface area contributed by atoms with Crippen LogP contribution >= 0.6 is 11.3 Å². The molecule has 1 N–H and O–H groups in total. The van der Waals surface area contributed by atoms with Crippen molar-refractivity contribution in [3.05, 3.63) is 51.4 Å². The highest BCUT2D eigenvalue weighted by molar-refractivity contribution is 7.16. The van der Waals surface area contributed by atoms with E-state index in [4.69, 9.17) is 4.74 Å². The summed E-state index contributed by atoms with van der Waals surface area (Å²) in [6.45, 7) is -0.467. The summed E-state index contributed by atoms with van der Waals surface area (Å²) >= 11 is 1.43. The van der Waals surface area contributed by atoms with E-state index >= 15 is 0 Å². The van der Waals surface area contributed by atoms with Crippen molar-refractivity contribution < 1.29 is 23.9 Å². The lowest BCUT2D eigenvalue weighted by molar-refractivity contribution is -0.119. The first kappa shape index (κ1) is 20.6. The van der Waals surface area contributed by atoms with Crippen molar-refractivity contribution in [1.29, 1.82) is 5.26 Å². The van der Waals surface area contributed by atoms with Gasteiger partial charge in [-0.1, -0.05) is 6.42 Å². The van der Waals surface area contributed by atoms with Crippen LogP contribution < -0.4 is 5.32 Å². The number of methoxy groups -OCH3 is 1. The third kappa shape index (κ3) is 4.81. The van der Waals surface area contributed by atoms with Crippen LogP contribution in [0.3, 0.4) is 0 Å². The van der Waals surface area contributed by atoms with Crippen LogP contribution in [0.4, 0.5) is 5.00 Å². The molecule has 0 aliphatic heterocycles. The lowest BCUT2D eigenvalue weighted by Crippen LogP contribution is -2.21. The molecule has 0 saturated carbocycles. The zero-order chi connectivity index (χ0) is 20.8. The first-order valence-electron chi connectivity index (χ1n) is 9.23. The van der Waals surface area contributed by atoms with Gasteiger partial charge in [-0.25, -0.2) is 9.59 Å². The summed E-state index contributed by atoms with van der Waals surface area (Å²) in [5.41, 5.74) is 2.08. The van der Waals surface area contributed by atoms with Gasteiger partial charge in [-0.2, -0.15) is 5.26 Å². The van der Waals surface area contributed by atoms with Crippen molar-refractivity contribution >= 4 is 34.2 Å². The van der Waals surface area contributed by atoms with Crippen LogP contribution in [-0.4, -0.2) is 31.6 Å². The lowest BCUT2D eigenvalue weighted by Gasteiger charge is -2.06. The average molecular weight is 412 g/mol. The predicted octanol–water partition coefficient (Wildman–Crippen LogP) is 3.47. The van der Waals surface area contributed by atoms with Crippen molar-refractivity contribution in [2.75, 3.05) is 19.0 Å². The molecule has 0 spiro atoms. The number of hydrogen-bond donors (Lipinski definition) is 1. The molecule has 0 fully saturated rings. The fraction of sp³-hybridized carbons (Fsp3) is 0.333. The second-order valence-corrected chi connectivity index (χ2v) is 7.68. The van der Waals surface area contributed by atoms with Crippen LogP contribution in [0.2, 0.25) is 0 Å². The zero-order valence-electron chi connectivity index (χ0n) is 15.9. The van der Waals surface area contributed by atoms with Crippen molar-refractivity contribution in [1.82, 2.24) is 0 Å². The Labute approximate surface area is 172 Å². The van der Waals surface area contributed by atoms with Crippen molar-refractivity contribution in [2.24, 2.45) is 0 Å². The zero-order valence-corrected chi connectivity index (χ0v) is 16.8. The summed E-state index contributed by atoms with van der Waals surface area (Å²) in [4.78, 5) is 36.9. The Bertz CT molecular complexity index is 972. The van der Waals surface area contributed by atoms with Gasteiger partial charge in [0.05, 0.1) is 23.8 Å². The summed E-state index contributed by atoms with van der Waals surface area (Å²) in [6.07, 6.45) is 5.03. The monoisotopic (exact) mass is 412 g/mol. The highest BCUT2D eigenvalue weighted by atomic mass is 32.1. The fourth-order valence-corrected chi connectivity index (χ4v) is 4.44. The highest BCUT2D eigenvalue weighted by Crippen LogP contribution is 2.36. The van der Waals surface area contributed by atoms with Crippen LogP contribution in [-0.2, 0) is 27.1 Å². The number of aryl methyl sites for hydroxylation is 1. The summed E-state index contributed by atoms with van der Waals surface area (Å²) in [6, 6.07) is 7.94. The average Bonchev–Trinajstić information content (AvgIpc) is 2.90. The molecule has 7 nitrogen and oxygen atoms in total. The van der Waals surface area contributed by atoms with Crippen molar-refractivity contribution in [3.8, 4) is 6.07 Å². The molecule has 3 rings (SSSR count). The number of hydrogen-bond acceptors (Lipinski definition) is 7. The first-order chi connectivity index (χ1) is 14.0. The van der Waals surface area contributed by atoms with E-state index in [9.17, 15) is 19.6 Å². The number of nitrogens with one attached hydrogen (secondary N) is 1. The summed E-state index contributed by atoms with van der Waals surface area (Å²) in [5, 5.41) is 12.7. The van der Waals surface area contributed by atoms with E-state index in [1.165, 1.54) is 42.7 Å². The number of esters is 2. The van der Waals surface area contributed by atoms with Gasteiger partial charge in [0, 0.05) is 4.88 Å². The van der Waals surface area contributed by atoms with E-state index in [2.05, 4.69) is 16.1 Å². The Morgan fingerprint density at radius 2 is 1.72 bits per heavy atom. The van der Waals surface area contributed by atoms with Gasteiger partial charge in [-0.05, 0) is 55.5 Å². The van der Waals surface area contributed by atoms with E-state index in [0.29, 0.717) is 16.1 Å². The summed E-state index contributed by atoms with van der Waals surface area (Å²) in [5.74, 6) is -1.69. The molecular weight excluding hydrogens is 392 g/mol. The number of nitrogens with zero attached hydrogens (tertiary/aromatic N) is 1. The number of thiophene rings is 1. The van der Waals surface area contributed by atoms with Crippen LogP contribution in [0, 0.1) is 11.3 Å². The molecule has 0 radical (unpaired) electrons. The Hall–Kier alpha value is -3.18. The van der Waals surface area contributed by atoms with Crippen LogP contribution in [0.1, 0.15) is 56.0 Å². The van der Waals surface area contributed by atoms with Gasteiger partial charge >= 0.3 is 11.9 Å². The van der Waals surface area contributed by atoms with Crippen LogP contribution in [0.5, 0.6) is 0 Å². The third-order valence-electron chi connectivity index (χ3n) is 4.66. The molecule has 1 aliphatic rings. The molecule has 29 heavy (non-hydrogen) atoms. The molecule has 1 aliphatic carbocycles. The number of benzene rings is 1. The van der Waals surface area contributed by atoms with Gasteiger partial charge in [0.15, 0.2) is 6.61 Å². The predicted molar refractivity (Wildman–Crippen MR) is 107 cm³/mol. The fourth-order valence-electron chi connectivity index (χ4n) is 3.19. The minimum absolute atomic E-state index is 0.214. The SMILES string of the molecule is COC(=O)c1ccc(C(=O)OCC(=O)Nc2sc3c(c2C#N)CCCCC3)cc1. The van der Waals surface area contributed by atoms with Gasteiger partial charge in [0.2, 0.25) is 0 Å². The first-order valence-corrected chi connectivity index (χ1v) is 10.0. The van der Waals surface area contributed by atoms with Gasteiger partial charge in [-0.15, -0.1) is 11.3 Å². The Balaban J connectivity index is 1.59. The highest BCUT2D eigenvalue weighted by Gasteiger charge is 2.21. The Morgan fingerprint density at radius 3 is 2.38 bits per heavy atom. The number of carbonyl (C=O) groups excluding carboxylic acids is 3. The van der Waals surface area contributed by atoms with Crippen molar-refractivity contribution in [2.45, 2.75) is 32.1 Å². The van der Waals surface area contributed by atoms with Crippen LogP contribution in [0.15, 0.2) is 24.3 Å². The maximum absolute atomic E-state index is 12.2.